The first-order valence-electron chi connectivity index (χ1n) is 15.0. The molecule has 7 nitrogen and oxygen atoms in total. The summed E-state index contributed by atoms with van der Waals surface area (Å²) in [4.78, 5) is 23.1. The number of amides is 1. The van der Waals surface area contributed by atoms with E-state index >= 15 is 0 Å². The Balaban J connectivity index is 1.31. The highest BCUT2D eigenvalue weighted by molar-refractivity contribution is 6.10. The molecule has 45 heavy (non-hydrogen) atoms. The Morgan fingerprint density at radius 3 is 2.58 bits per heavy atom. The predicted octanol–water partition coefficient (Wildman–Crippen LogP) is 6.78. The molecule has 2 aromatic heterocycles. The first kappa shape index (κ1) is 30.1. The summed E-state index contributed by atoms with van der Waals surface area (Å²) in [7, 11) is 0. The van der Waals surface area contributed by atoms with Crippen molar-refractivity contribution in [1.82, 2.24) is 14.9 Å². The average molecular weight is 609 g/mol. The number of fused-ring (bicyclic) bond motifs is 1. The maximum absolute atomic E-state index is 13.8. The highest BCUT2D eigenvalue weighted by Gasteiger charge is 2.27. The number of nitrogens with zero attached hydrogens (tertiary/aromatic N) is 3. The molecular weight excluding hydrogens is 574 g/mol. The monoisotopic (exact) mass is 608 g/mol. The van der Waals surface area contributed by atoms with E-state index in [4.69, 9.17) is 14.5 Å². The molecule has 0 saturated heterocycles. The fourth-order valence-corrected chi connectivity index (χ4v) is 5.63. The molecule has 5 aromatic rings. The highest BCUT2D eigenvalue weighted by Crippen LogP contribution is 2.33. The fourth-order valence-electron chi connectivity index (χ4n) is 5.63. The van der Waals surface area contributed by atoms with Gasteiger partial charge in [-0.2, -0.15) is 0 Å². The lowest BCUT2D eigenvalue weighted by molar-refractivity contribution is 0.0950. The van der Waals surface area contributed by atoms with Crippen LogP contribution in [0.3, 0.4) is 0 Å². The van der Waals surface area contributed by atoms with Crippen LogP contribution in [-0.4, -0.2) is 40.6 Å². The number of carbonyl (C=O) groups is 1. The maximum atomic E-state index is 13.8. The van der Waals surface area contributed by atoms with E-state index in [9.17, 15) is 13.6 Å². The number of nitrogens with one attached hydrogen (secondary N) is 1. The van der Waals surface area contributed by atoms with Crippen molar-refractivity contribution in [3.8, 4) is 0 Å². The summed E-state index contributed by atoms with van der Waals surface area (Å²) in [5, 5.41) is 3.68. The van der Waals surface area contributed by atoms with Gasteiger partial charge in [0.15, 0.2) is 11.6 Å². The van der Waals surface area contributed by atoms with Crippen molar-refractivity contribution in [2.75, 3.05) is 13.2 Å². The van der Waals surface area contributed by atoms with Crippen LogP contribution in [0.15, 0.2) is 96.1 Å². The van der Waals surface area contributed by atoms with Gasteiger partial charge in [-0.25, -0.2) is 13.8 Å². The Morgan fingerprint density at radius 2 is 1.82 bits per heavy atom. The standard InChI is InChI=1S/C36H34F2N4O3/c1-23(2)34-33(35(43)40-18-25-11-14-30(37)31(38)16-25)29-13-12-26(17-32(29)42(34)19-27-10-6-7-15-39-27)36-41-28(22-45-36)21-44-20-24-8-4-3-5-9-24/h3-17,23,28H,18-22H2,1-2H3,(H,40,43). The molecule has 1 unspecified atom stereocenters. The Bertz CT molecular complexity index is 1840. The molecule has 1 aliphatic rings. The summed E-state index contributed by atoms with van der Waals surface area (Å²) < 4.78 is 41.3. The van der Waals surface area contributed by atoms with Gasteiger partial charge in [-0.15, -0.1) is 0 Å². The largest absolute Gasteiger partial charge is 0.475 e. The number of halogens is 2. The fraction of sp³-hybridized carbons (Fsp3) is 0.250. The number of benzene rings is 3. The summed E-state index contributed by atoms with van der Waals surface area (Å²) in [5.74, 6) is -1.66. The average Bonchev–Trinajstić information content (AvgIpc) is 3.65. The van der Waals surface area contributed by atoms with Gasteiger partial charge in [-0.1, -0.05) is 62.4 Å². The molecule has 230 valence electrons. The molecule has 0 saturated carbocycles. The van der Waals surface area contributed by atoms with Crippen LogP contribution in [0.1, 0.15) is 58.2 Å². The van der Waals surface area contributed by atoms with E-state index < -0.39 is 11.6 Å². The number of pyridine rings is 1. The minimum Gasteiger partial charge on any atom is -0.475 e. The Hall–Kier alpha value is -4.89. The van der Waals surface area contributed by atoms with Crippen LogP contribution in [0.4, 0.5) is 8.78 Å². The molecule has 0 bridgehead atoms. The second kappa shape index (κ2) is 13.4. The van der Waals surface area contributed by atoms with E-state index in [-0.39, 0.29) is 24.4 Å². The summed E-state index contributed by atoms with van der Waals surface area (Å²) in [5.41, 5.74) is 5.44. The number of hydrogen-bond acceptors (Lipinski definition) is 5. The summed E-state index contributed by atoms with van der Waals surface area (Å²) >= 11 is 0. The lowest BCUT2D eigenvalue weighted by Crippen LogP contribution is -2.24. The molecule has 1 aliphatic heterocycles. The zero-order valence-electron chi connectivity index (χ0n) is 25.2. The molecule has 3 aromatic carbocycles. The van der Waals surface area contributed by atoms with Gasteiger partial charge in [-0.3, -0.25) is 9.78 Å². The van der Waals surface area contributed by atoms with Crippen molar-refractivity contribution in [1.29, 1.82) is 0 Å². The van der Waals surface area contributed by atoms with E-state index in [2.05, 4.69) is 14.9 Å². The molecule has 0 spiro atoms. The number of aliphatic imine (C=N–C) groups is 1. The third-order valence-corrected chi connectivity index (χ3v) is 7.74. The topological polar surface area (TPSA) is 77.7 Å². The van der Waals surface area contributed by atoms with Crippen molar-refractivity contribution in [3.63, 3.8) is 0 Å². The van der Waals surface area contributed by atoms with E-state index in [0.717, 1.165) is 45.6 Å². The lowest BCUT2D eigenvalue weighted by Gasteiger charge is -2.15. The van der Waals surface area contributed by atoms with Crippen molar-refractivity contribution >= 4 is 22.7 Å². The van der Waals surface area contributed by atoms with Crippen LogP contribution < -0.4 is 5.32 Å². The molecule has 0 fully saturated rings. The molecule has 0 radical (unpaired) electrons. The van der Waals surface area contributed by atoms with Gasteiger partial charge in [0.05, 0.1) is 36.5 Å². The Labute approximate surface area is 260 Å². The van der Waals surface area contributed by atoms with Gasteiger partial charge >= 0.3 is 0 Å². The molecule has 0 aliphatic carbocycles. The molecule has 1 amide bonds. The van der Waals surface area contributed by atoms with Crippen LogP contribution >= 0.6 is 0 Å². The van der Waals surface area contributed by atoms with Crippen molar-refractivity contribution in [2.45, 2.75) is 45.5 Å². The molecular formula is C36H34F2N4O3. The highest BCUT2D eigenvalue weighted by atomic mass is 19.2. The van der Waals surface area contributed by atoms with Crippen molar-refractivity contribution in [3.05, 3.63) is 136 Å². The quantitative estimate of drug-likeness (QED) is 0.179. The minimum atomic E-state index is -0.953. The predicted molar refractivity (Wildman–Crippen MR) is 169 cm³/mol. The van der Waals surface area contributed by atoms with Gasteiger partial charge in [0.1, 0.15) is 12.6 Å². The maximum Gasteiger partial charge on any atom is 0.254 e. The van der Waals surface area contributed by atoms with Gasteiger partial charge in [0.25, 0.3) is 5.91 Å². The molecule has 6 rings (SSSR count). The SMILES string of the molecule is CC(C)c1c(C(=O)NCc2ccc(F)c(F)c2)c2ccc(C3=NC(COCc4ccccc4)CO3)cc2n1Cc1ccccn1. The van der Waals surface area contributed by atoms with E-state index in [1.54, 1.807) is 6.20 Å². The van der Waals surface area contributed by atoms with E-state index in [1.807, 2.05) is 80.6 Å². The lowest BCUT2D eigenvalue weighted by atomic mass is 10.0. The molecule has 3 heterocycles. The second-order valence-corrected chi connectivity index (χ2v) is 11.4. The van der Waals surface area contributed by atoms with Crippen LogP contribution in [0, 0.1) is 11.6 Å². The molecule has 1 atom stereocenters. The van der Waals surface area contributed by atoms with Gasteiger partial charge < -0.3 is 19.4 Å². The number of ether oxygens (including phenoxy) is 2. The van der Waals surface area contributed by atoms with Crippen molar-refractivity contribution < 1.29 is 23.0 Å². The number of carbonyl (C=O) groups excluding carboxylic acids is 1. The smallest absolute Gasteiger partial charge is 0.254 e. The molecule has 9 heteroatoms. The van der Waals surface area contributed by atoms with Gasteiger partial charge in [0, 0.05) is 29.4 Å². The number of aromatic nitrogens is 2. The zero-order valence-corrected chi connectivity index (χ0v) is 25.2. The summed E-state index contributed by atoms with van der Waals surface area (Å²) in [6.45, 7) is 5.96. The van der Waals surface area contributed by atoms with Crippen LogP contribution in [0.2, 0.25) is 0 Å². The zero-order chi connectivity index (χ0) is 31.3. The first-order chi connectivity index (χ1) is 21.9. The first-order valence-corrected chi connectivity index (χ1v) is 15.0. The van der Waals surface area contributed by atoms with E-state index in [0.29, 0.717) is 43.4 Å². The normalized spacial score (nSPS) is 14.5. The third kappa shape index (κ3) is 6.78. The van der Waals surface area contributed by atoms with Gasteiger partial charge in [0.2, 0.25) is 5.90 Å². The van der Waals surface area contributed by atoms with Gasteiger partial charge in [-0.05, 0) is 53.4 Å². The summed E-state index contributed by atoms with van der Waals surface area (Å²) in [6, 6.07) is 25.1. The Kier molecular flexibility index (Phi) is 8.98. The third-order valence-electron chi connectivity index (χ3n) is 7.74. The van der Waals surface area contributed by atoms with Crippen molar-refractivity contribution in [2.24, 2.45) is 4.99 Å². The van der Waals surface area contributed by atoms with Crippen LogP contribution in [-0.2, 0) is 29.2 Å². The van der Waals surface area contributed by atoms with Crippen LogP contribution in [0.25, 0.3) is 10.9 Å². The molecule has 1 N–H and O–H groups in total. The van der Waals surface area contributed by atoms with Crippen LogP contribution in [0.5, 0.6) is 0 Å². The summed E-state index contributed by atoms with van der Waals surface area (Å²) in [6.07, 6.45) is 1.75. The number of rotatable bonds is 11. The Morgan fingerprint density at radius 1 is 1.00 bits per heavy atom. The second-order valence-electron chi connectivity index (χ2n) is 11.4. The minimum absolute atomic E-state index is 0.0141. The number of hydrogen-bond donors (Lipinski definition) is 1. The van der Waals surface area contributed by atoms with E-state index in [1.165, 1.54) is 6.07 Å².